The molecule has 0 aromatic rings. The Labute approximate surface area is 197 Å². The molecule has 10 nitrogen and oxygen atoms in total. The zero-order valence-electron chi connectivity index (χ0n) is 20.1. The molecule has 0 radical (unpaired) electrons. The van der Waals surface area contributed by atoms with Crippen molar-refractivity contribution in [1.82, 2.24) is 0 Å². The fraction of sp³-hybridized carbons (Fsp3) is 0.909. The Kier molecular flexibility index (Phi) is 19.7. The molecule has 0 aliphatic carbocycles. The molecule has 11 heteroatoms. The Morgan fingerprint density at radius 1 is 0.848 bits per heavy atom. The monoisotopic (exact) mass is 498 g/mol. The van der Waals surface area contributed by atoms with Crippen molar-refractivity contribution in [2.24, 2.45) is 0 Å². The predicted octanol–water partition coefficient (Wildman–Crippen LogP) is 3.65. The van der Waals surface area contributed by atoms with E-state index in [1.807, 2.05) is 0 Å². The molecule has 0 aromatic carbocycles. The summed E-state index contributed by atoms with van der Waals surface area (Å²) >= 11 is 0. The minimum atomic E-state index is -4.56. The average molecular weight is 499 g/mol. The van der Waals surface area contributed by atoms with Crippen LogP contribution in [0.4, 0.5) is 0 Å². The molecule has 0 heterocycles. The first-order valence-electron chi connectivity index (χ1n) is 11.9. The first kappa shape index (κ1) is 32.0. The van der Waals surface area contributed by atoms with Gasteiger partial charge in [-0.3, -0.25) is 18.6 Å². The number of unbranched alkanes of at least 4 members (excludes halogenated alkanes) is 10. The van der Waals surface area contributed by atoms with Crippen molar-refractivity contribution < 1.29 is 47.8 Å². The van der Waals surface area contributed by atoms with Crippen LogP contribution >= 0.6 is 7.82 Å². The maximum atomic E-state index is 12.1. The summed E-state index contributed by atoms with van der Waals surface area (Å²) in [6.45, 7) is 1.25. The number of hydrogen-bond donors (Lipinski definition) is 3. The van der Waals surface area contributed by atoms with Crippen molar-refractivity contribution in [1.29, 1.82) is 0 Å². The zero-order chi connectivity index (χ0) is 25.0. The molecule has 196 valence electrons. The van der Waals surface area contributed by atoms with Gasteiger partial charge in [0.15, 0.2) is 6.10 Å². The fourth-order valence-corrected chi connectivity index (χ4v) is 3.74. The maximum absolute atomic E-state index is 12.1. The van der Waals surface area contributed by atoms with Crippen molar-refractivity contribution >= 4 is 19.8 Å². The molecule has 33 heavy (non-hydrogen) atoms. The lowest BCUT2D eigenvalue weighted by atomic mass is 10.1. The highest BCUT2D eigenvalue weighted by atomic mass is 31.2. The Hall–Kier alpha value is -1.03. The van der Waals surface area contributed by atoms with Crippen LogP contribution in [0.2, 0.25) is 0 Å². The van der Waals surface area contributed by atoms with Gasteiger partial charge in [0, 0.05) is 13.3 Å². The third kappa shape index (κ3) is 21.3. The molecule has 3 unspecified atom stereocenters. The number of esters is 2. The number of phosphoric ester groups is 1. The van der Waals surface area contributed by atoms with Crippen molar-refractivity contribution in [3.8, 4) is 0 Å². The molecule has 0 aliphatic rings. The molecule has 0 bridgehead atoms. The lowest BCUT2D eigenvalue weighted by Gasteiger charge is -2.20. The Balaban J connectivity index is 4.14. The average Bonchev–Trinajstić information content (AvgIpc) is 2.77. The van der Waals surface area contributed by atoms with Crippen LogP contribution in [0.25, 0.3) is 0 Å². The standard InChI is InChI=1S/C22H43O10P/c1-3-4-5-6-7-8-9-10-11-12-13-14-22(26)32-21(17-29-19(2)24)18-31-33(27,28)30-16-20(25)15-23/h20-21,23,25H,3-18H2,1-2H3,(H,27,28). The van der Waals surface area contributed by atoms with Gasteiger partial charge >= 0.3 is 19.8 Å². The maximum Gasteiger partial charge on any atom is 0.472 e. The highest BCUT2D eigenvalue weighted by Gasteiger charge is 2.26. The molecule has 0 aromatic heterocycles. The van der Waals surface area contributed by atoms with Gasteiger partial charge in [0.2, 0.25) is 0 Å². The molecule has 0 rings (SSSR count). The normalized spacial score (nSPS) is 14.9. The molecule has 3 N–H and O–H groups in total. The largest absolute Gasteiger partial charge is 0.472 e. The minimum Gasteiger partial charge on any atom is -0.462 e. The second-order valence-electron chi connectivity index (χ2n) is 8.10. The number of carbonyl (C=O) groups is 2. The smallest absolute Gasteiger partial charge is 0.462 e. The van der Waals surface area contributed by atoms with Gasteiger partial charge in [-0.15, -0.1) is 0 Å². The van der Waals surface area contributed by atoms with Crippen LogP contribution in [0.5, 0.6) is 0 Å². The van der Waals surface area contributed by atoms with Crippen LogP contribution in [0.1, 0.15) is 90.9 Å². The van der Waals surface area contributed by atoms with Gasteiger partial charge < -0.3 is 24.6 Å². The summed E-state index contributed by atoms with van der Waals surface area (Å²) in [5.74, 6) is -1.12. The number of ether oxygens (including phenoxy) is 2. The Morgan fingerprint density at radius 2 is 1.36 bits per heavy atom. The summed E-state index contributed by atoms with van der Waals surface area (Å²) in [5, 5.41) is 17.9. The Bertz CT molecular complexity index is 557. The van der Waals surface area contributed by atoms with Crippen molar-refractivity contribution in [2.45, 2.75) is 103 Å². The summed E-state index contributed by atoms with van der Waals surface area (Å²) < 4.78 is 31.1. The van der Waals surface area contributed by atoms with Gasteiger partial charge in [-0.1, -0.05) is 71.1 Å². The molecule has 0 saturated carbocycles. The number of rotatable bonds is 22. The first-order chi connectivity index (χ1) is 15.7. The molecule has 0 fully saturated rings. The zero-order valence-corrected chi connectivity index (χ0v) is 21.0. The summed E-state index contributed by atoms with van der Waals surface area (Å²) in [6.07, 6.45) is 10.5. The van der Waals surface area contributed by atoms with E-state index in [1.165, 1.54) is 51.9 Å². The second kappa shape index (κ2) is 20.4. The van der Waals surface area contributed by atoms with Crippen molar-refractivity contribution in [2.75, 3.05) is 26.4 Å². The second-order valence-corrected chi connectivity index (χ2v) is 9.55. The van der Waals surface area contributed by atoms with Gasteiger partial charge in [-0.05, 0) is 6.42 Å². The van der Waals surface area contributed by atoms with E-state index in [9.17, 15) is 24.2 Å². The lowest BCUT2D eigenvalue weighted by molar-refractivity contribution is -0.160. The van der Waals surface area contributed by atoms with E-state index < -0.39 is 51.8 Å². The third-order valence-electron chi connectivity index (χ3n) is 4.82. The van der Waals surface area contributed by atoms with Gasteiger partial charge in [0.05, 0.1) is 19.8 Å². The van der Waals surface area contributed by atoms with E-state index >= 15 is 0 Å². The topological polar surface area (TPSA) is 149 Å². The van der Waals surface area contributed by atoms with Crippen LogP contribution in [0.15, 0.2) is 0 Å². The van der Waals surface area contributed by atoms with E-state index in [0.29, 0.717) is 6.42 Å². The minimum absolute atomic E-state index is 0.184. The van der Waals surface area contributed by atoms with Crippen LogP contribution in [-0.2, 0) is 32.7 Å². The number of carbonyl (C=O) groups excluding carboxylic acids is 2. The van der Waals surface area contributed by atoms with Crippen LogP contribution < -0.4 is 0 Å². The Morgan fingerprint density at radius 3 is 1.88 bits per heavy atom. The highest BCUT2D eigenvalue weighted by molar-refractivity contribution is 7.47. The van der Waals surface area contributed by atoms with Gasteiger partial charge in [0.1, 0.15) is 12.7 Å². The molecule has 3 atom stereocenters. The van der Waals surface area contributed by atoms with Gasteiger partial charge in [0.25, 0.3) is 0 Å². The summed E-state index contributed by atoms with van der Waals surface area (Å²) in [4.78, 5) is 32.7. The summed E-state index contributed by atoms with van der Waals surface area (Å²) in [7, 11) is -4.56. The van der Waals surface area contributed by atoms with E-state index in [1.54, 1.807) is 0 Å². The number of hydrogen-bond acceptors (Lipinski definition) is 9. The highest BCUT2D eigenvalue weighted by Crippen LogP contribution is 2.43. The molecular formula is C22H43O10P. The molecule has 0 amide bonds. The fourth-order valence-electron chi connectivity index (χ4n) is 2.95. The third-order valence-corrected chi connectivity index (χ3v) is 5.77. The van der Waals surface area contributed by atoms with E-state index in [-0.39, 0.29) is 13.0 Å². The predicted molar refractivity (Wildman–Crippen MR) is 122 cm³/mol. The summed E-state index contributed by atoms with van der Waals surface area (Å²) in [6, 6.07) is 0. The van der Waals surface area contributed by atoms with Crippen LogP contribution in [0.3, 0.4) is 0 Å². The van der Waals surface area contributed by atoms with Crippen molar-refractivity contribution in [3.63, 3.8) is 0 Å². The number of aliphatic hydroxyl groups is 2. The van der Waals surface area contributed by atoms with Crippen LogP contribution in [0, 0.1) is 0 Å². The summed E-state index contributed by atoms with van der Waals surface area (Å²) in [5.41, 5.74) is 0. The molecule has 0 spiro atoms. The van der Waals surface area contributed by atoms with E-state index in [0.717, 1.165) is 19.3 Å². The van der Waals surface area contributed by atoms with E-state index in [2.05, 4.69) is 11.4 Å². The van der Waals surface area contributed by atoms with Gasteiger partial charge in [-0.25, -0.2) is 4.57 Å². The van der Waals surface area contributed by atoms with Gasteiger partial charge in [-0.2, -0.15) is 0 Å². The molecule has 0 saturated heterocycles. The first-order valence-corrected chi connectivity index (χ1v) is 13.4. The lowest BCUT2D eigenvalue weighted by Crippen LogP contribution is -2.29. The quantitative estimate of drug-likeness (QED) is 0.115. The number of aliphatic hydroxyl groups excluding tert-OH is 2. The van der Waals surface area contributed by atoms with Crippen LogP contribution in [-0.4, -0.2) is 65.7 Å². The van der Waals surface area contributed by atoms with E-state index in [4.69, 9.17) is 19.1 Å². The van der Waals surface area contributed by atoms with Crippen molar-refractivity contribution in [3.05, 3.63) is 0 Å². The molecular weight excluding hydrogens is 455 g/mol. The SMILES string of the molecule is CCCCCCCCCCCCCC(=O)OC(COC(C)=O)COP(=O)(O)OCC(O)CO. The molecule has 0 aliphatic heterocycles. The number of phosphoric acid groups is 1.